The van der Waals surface area contributed by atoms with Crippen molar-refractivity contribution >= 4 is 26.0 Å². The molecule has 2 aromatic rings. The molecule has 0 bridgehead atoms. The number of benzene rings is 2. The highest BCUT2D eigenvalue weighted by atomic mass is 79.9. The first-order valence-electron chi connectivity index (χ1n) is 6.60. The van der Waals surface area contributed by atoms with Gasteiger partial charge in [-0.15, -0.1) is 0 Å². The lowest BCUT2D eigenvalue weighted by Crippen LogP contribution is -2.26. The second-order valence-electron chi connectivity index (χ2n) is 4.69. The molecule has 0 atom stereocenters. The molecule has 0 amide bonds. The van der Waals surface area contributed by atoms with Crippen molar-refractivity contribution in [3.63, 3.8) is 0 Å². The van der Waals surface area contributed by atoms with Gasteiger partial charge in [-0.2, -0.15) is 0 Å². The molecule has 2 aromatic carbocycles. The van der Waals surface area contributed by atoms with Crippen molar-refractivity contribution in [1.82, 2.24) is 4.72 Å². The largest absolute Gasteiger partial charge is 0.496 e. The Morgan fingerprint density at radius 3 is 2.48 bits per heavy atom. The normalized spacial score (nSPS) is 11.5. The van der Waals surface area contributed by atoms with Gasteiger partial charge in [0.15, 0.2) is 11.6 Å². The third-order valence-corrected chi connectivity index (χ3v) is 5.20. The van der Waals surface area contributed by atoms with E-state index in [9.17, 15) is 17.2 Å². The molecule has 124 valence electrons. The van der Waals surface area contributed by atoms with Crippen molar-refractivity contribution in [1.29, 1.82) is 0 Å². The van der Waals surface area contributed by atoms with Crippen molar-refractivity contribution in [2.75, 3.05) is 13.7 Å². The molecule has 0 saturated carbocycles. The number of methoxy groups -OCH3 is 1. The Bertz CT molecular complexity index is 812. The molecule has 0 heterocycles. The van der Waals surface area contributed by atoms with E-state index in [0.29, 0.717) is 18.2 Å². The summed E-state index contributed by atoms with van der Waals surface area (Å²) in [6.45, 7) is 0.125. The van der Waals surface area contributed by atoms with Crippen LogP contribution in [0.4, 0.5) is 8.78 Å². The zero-order valence-corrected chi connectivity index (χ0v) is 14.5. The summed E-state index contributed by atoms with van der Waals surface area (Å²) in [5.41, 5.74) is 0.894. The van der Waals surface area contributed by atoms with E-state index in [0.717, 1.165) is 22.2 Å². The van der Waals surface area contributed by atoms with Crippen molar-refractivity contribution in [2.45, 2.75) is 11.3 Å². The summed E-state index contributed by atoms with van der Waals surface area (Å²) < 4.78 is 58.3. The van der Waals surface area contributed by atoms with Gasteiger partial charge in [0.2, 0.25) is 10.0 Å². The third kappa shape index (κ3) is 4.49. The molecular formula is C15H14BrF2NO3S. The van der Waals surface area contributed by atoms with Gasteiger partial charge in [0, 0.05) is 6.54 Å². The fraction of sp³-hybridized carbons (Fsp3) is 0.200. The van der Waals surface area contributed by atoms with Crippen LogP contribution in [0.25, 0.3) is 0 Å². The van der Waals surface area contributed by atoms with E-state index in [1.807, 2.05) is 12.1 Å². The van der Waals surface area contributed by atoms with Gasteiger partial charge in [-0.25, -0.2) is 21.9 Å². The minimum absolute atomic E-state index is 0.125. The lowest BCUT2D eigenvalue weighted by atomic mass is 10.1. The highest BCUT2D eigenvalue weighted by Crippen LogP contribution is 2.25. The van der Waals surface area contributed by atoms with E-state index in [1.54, 1.807) is 13.2 Å². The molecule has 0 radical (unpaired) electrons. The molecular weight excluding hydrogens is 392 g/mol. The minimum Gasteiger partial charge on any atom is -0.496 e. The van der Waals surface area contributed by atoms with Gasteiger partial charge in [0.1, 0.15) is 5.75 Å². The van der Waals surface area contributed by atoms with Crippen molar-refractivity contribution in [2.24, 2.45) is 0 Å². The van der Waals surface area contributed by atoms with Gasteiger partial charge >= 0.3 is 0 Å². The maximum atomic E-state index is 13.1. The van der Waals surface area contributed by atoms with Crippen LogP contribution in [0, 0.1) is 11.6 Å². The van der Waals surface area contributed by atoms with E-state index in [1.165, 1.54) is 0 Å². The minimum atomic E-state index is -3.89. The number of nitrogens with one attached hydrogen (secondary N) is 1. The van der Waals surface area contributed by atoms with Crippen LogP contribution in [-0.2, 0) is 16.4 Å². The third-order valence-electron chi connectivity index (χ3n) is 3.12. The van der Waals surface area contributed by atoms with Gasteiger partial charge in [-0.1, -0.05) is 6.07 Å². The summed E-state index contributed by atoms with van der Waals surface area (Å²) >= 11 is 3.35. The molecule has 0 unspecified atom stereocenters. The Balaban J connectivity index is 2.02. The maximum absolute atomic E-state index is 13.1. The number of halogens is 3. The zero-order valence-electron chi connectivity index (χ0n) is 12.1. The molecule has 2 rings (SSSR count). The molecule has 0 spiro atoms. The first kappa shape index (κ1) is 17.8. The summed E-state index contributed by atoms with van der Waals surface area (Å²) in [6, 6.07) is 7.86. The monoisotopic (exact) mass is 405 g/mol. The molecule has 0 aliphatic heterocycles. The quantitative estimate of drug-likeness (QED) is 0.802. The first-order chi connectivity index (χ1) is 10.8. The van der Waals surface area contributed by atoms with Crippen LogP contribution in [0.5, 0.6) is 5.75 Å². The predicted molar refractivity (Wildman–Crippen MR) is 85.9 cm³/mol. The van der Waals surface area contributed by atoms with E-state index < -0.39 is 21.7 Å². The van der Waals surface area contributed by atoms with Crippen molar-refractivity contribution in [3.8, 4) is 5.75 Å². The van der Waals surface area contributed by atoms with E-state index in [2.05, 4.69) is 20.7 Å². The van der Waals surface area contributed by atoms with E-state index in [4.69, 9.17) is 4.74 Å². The van der Waals surface area contributed by atoms with Crippen LogP contribution in [-0.4, -0.2) is 22.1 Å². The van der Waals surface area contributed by atoms with Crippen LogP contribution in [0.1, 0.15) is 5.56 Å². The van der Waals surface area contributed by atoms with Crippen LogP contribution < -0.4 is 9.46 Å². The Morgan fingerprint density at radius 1 is 1.13 bits per heavy atom. The number of hydrogen-bond donors (Lipinski definition) is 1. The Labute approximate surface area is 141 Å². The van der Waals surface area contributed by atoms with Gasteiger partial charge in [-0.05, 0) is 58.2 Å². The maximum Gasteiger partial charge on any atom is 0.240 e. The second-order valence-corrected chi connectivity index (χ2v) is 7.31. The number of sulfonamides is 1. The number of hydrogen-bond acceptors (Lipinski definition) is 3. The first-order valence-corrected chi connectivity index (χ1v) is 8.88. The number of rotatable bonds is 6. The van der Waals surface area contributed by atoms with Crippen molar-refractivity contribution in [3.05, 3.63) is 58.1 Å². The molecule has 8 heteroatoms. The standard InChI is InChI=1S/C15H14BrF2NO3S/c1-22-15-5-2-10(8-12(15)16)6-7-19-23(20,21)11-3-4-13(17)14(18)9-11/h2-5,8-9,19H,6-7H2,1H3. The van der Waals surface area contributed by atoms with E-state index in [-0.39, 0.29) is 11.4 Å². The molecule has 23 heavy (non-hydrogen) atoms. The smallest absolute Gasteiger partial charge is 0.240 e. The van der Waals surface area contributed by atoms with Crippen LogP contribution >= 0.6 is 15.9 Å². The number of ether oxygens (including phenoxy) is 1. The topological polar surface area (TPSA) is 55.4 Å². The van der Waals surface area contributed by atoms with Gasteiger partial charge < -0.3 is 4.74 Å². The average Bonchev–Trinajstić information content (AvgIpc) is 2.50. The van der Waals surface area contributed by atoms with Crippen molar-refractivity contribution < 1.29 is 21.9 Å². The molecule has 0 aromatic heterocycles. The molecule has 4 nitrogen and oxygen atoms in total. The predicted octanol–water partition coefficient (Wildman–Crippen LogP) is 3.26. The molecule has 0 aliphatic carbocycles. The van der Waals surface area contributed by atoms with Crippen LogP contribution in [0.15, 0.2) is 45.8 Å². The highest BCUT2D eigenvalue weighted by molar-refractivity contribution is 9.10. The molecule has 0 saturated heterocycles. The van der Waals surface area contributed by atoms with E-state index >= 15 is 0 Å². The lowest BCUT2D eigenvalue weighted by Gasteiger charge is -2.09. The van der Waals surface area contributed by atoms with Crippen LogP contribution in [0.3, 0.4) is 0 Å². The summed E-state index contributed by atoms with van der Waals surface area (Å²) in [6.07, 6.45) is 0.436. The fourth-order valence-corrected chi connectivity index (χ4v) is 3.55. The summed E-state index contributed by atoms with van der Waals surface area (Å²) in [5.74, 6) is -1.62. The van der Waals surface area contributed by atoms with Gasteiger partial charge in [0.05, 0.1) is 16.5 Å². The fourth-order valence-electron chi connectivity index (χ4n) is 1.92. The lowest BCUT2D eigenvalue weighted by molar-refractivity contribution is 0.412. The second kappa shape index (κ2) is 7.37. The Morgan fingerprint density at radius 2 is 1.87 bits per heavy atom. The van der Waals surface area contributed by atoms with Gasteiger partial charge in [0.25, 0.3) is 0 Å². The van der Waals surface area contributed by atoms with Crippen LogP contribution in [0.2, 0.25) is 0 Å². The molecule has 0 aliphatic rings. The summed E-state index contributed by atoms with van der Waals surface area (Å²) in [5, 5.41) is 0. The zero-order chi connectivity index (χ0) is 17.0. The van der Waals surface area contributed by atoms with Gasteiger partial charge in [-0.3, -0.25) is 0 Å². The summed E-state index contributed by atoms with van der Waals surface area (Å²) in [7, 11) is -2.33. The Hall–Kier alpha value is -1.51. The SMILES string of the molecule is COc1ccc(CCNS(=O)(=O)c2ccc(F)c(F)c2)cc1Br. The Kier molecular flexibility index (Phi) is 5.72. The molecule has 1 N–H and O–H groups in total. The molecule has 0 fully saturated rings. The average molecular weight is 406 g/mol. The summed E-state index contributed by atoms with van der Waals surface area (Å²) in [4.78, 5) is -0.313. The highest BCUT2D eigenvalue weighted by Gasteiger charge is 2.16.